The van der Waals surface area contributed by atoms with E-state index in [1.54, 1.807) is 12.1 Å². The van der Waals surface area contributed by atoms with Gasteiger partial charge in [-0.1, -0.05) is 6.92 Å². The van der Waals surface area contributed by atoms with Gasteiger partial charge in [-0.3, -0.25) is 9.55 Å². The van der Waals surface area contributed by atoms with Crippen LogP contribution in [0.15, 0.2) is 36.5 Å². The molecule has 2 aromatic carbocycles. The molecule has 7 nitrogen and oxygen atoms in total. The van der Waals surface area contributed by atoms with Crippen LogP contribution in [0.1, 0.15) is 29.5 Å². The number of carbonyl (C=O) groups is 1. The Labute approximate surface area is 194 Å². The number of hydrogen-bond donors (Lipinski definition) is 0. The Morgan fingerprint density at radius 2 is 1.94 bits per heavy atom. The highest BCUT2D eigenvalue weighted by Crippen LogP contribution is 2.33. The molecular weight excluding hydrogens is 442 g/mol. The second-order valence-electron chi connectivity index (χ2n) is 8.18. The third kappa shape index (κ3) is 3.75. The molecule has 1 fully saturated rings. The summed E-state index contributed by atoms with van der Waals surface area (Å²) in [5.74, 6) is -1.24. The first-order valence-corrected chi connectivity index (χ1v) is 11.2. The maximum Gasteiger partial charge on any atom is 0.340 e. The molecule has 5 rings (SSSR count). The zero-order valence-corrected chi connectivity index (χ0v) is 19.0. The van der Waals surface area contributed by atoms with Gasteiger partial charge in [0.2, 0.25) is 0 Å². The number of imidazole rings is 1. The number of anilines is 1. The van der Waals surface area contributed by atoms with E-state index in [0.717, 1.165) is 18.2 Å². The SMILES string of the molecule is CCCc1nc2c(C(=O)OC)cc(N3CCOCC3)cc2n1-c1ccnc2c(F)cc(F)cc12. The lowest BCUT2D eigenvalue weighted by molar-refractivity contribution is 0.0603. The minimum atomic E-state index is -0.734. The van der Waals surface area contributed by atoms with E-state index < -0.39 is 17.6 Å². The highest BCUT2D eigenvalue weighted by molar-refractivity contribution is 6.05. The third-order valence-electron chi connectivity index (χ3n) is 6.05. The third-order valence-corrected chi connectivity index (χ3v) is 6.05. The van der Waals surface area contributed by atoms with Crippen molar-refractivity contribution < 1.29 is 23.0 Å². The molecule has 0 spiro atoms. The Morgan fingerprint density at radius 1 is 1.15 bits per heavy atom. The molecule has 0 bridgehead atoms. The fourth-order valence-corrected chi connectivity index (χ4v) is 4.50. The predicted octanol–water partition coefficient (Wildman–Crippen LogP) is 4.43. The first-order valence-electron chi connectivity index (χ1n) is 11.2. The number of morpholine rings is 1. The quantitative estimate of drug-likeness (QED) is 0.406. The van der Waals surface area contributed by atoms with Crippen molar-refractivity contribution >= 4 is 33.6 Å². The average molecular weight is 466 g/mol. The summed E-state index contributed by atoms with van der Waals surface area (Å²) in [7, 11) is 1.33. The molecular formula is C25H24F2N4O3. The van der Waals surface area contributed by atoms with Crippen LogP contribution in [-0.2, 0) is 15.9 Å². The lowest BCUT2D eigenvalue weighted by atomic mass is 10.1. The number of hydrogen-bond acceptors (Lipinski definition) is 6. The molecule has 0 N–H and O–H groups in total. The molecule has 1 aliphatic heterocycles. The number of aromatic nitrogens is 3. The molecule has 0 amide bonds. The van der Waals surface area contributed by atoms with Gasteiger partial charge in [0.05, 0.1) is 37.1 Å². The maximum atomic E-state index is 14.5. The topological polar surface area (TPSA) is 69.5 Å². The number of halogens is 2. The number of rotatable bonds is 5. The van der Waals surface area contributed by atoms with Gasteiger partial charge in [-0.25, -0.2) is 18.6 Å². The molecule has 1 aliphatic rings. The van der Waals surface area contributed by atoms with E-state index in [4.69, 9.17) is 14.5 Å². The van der Waals surface area contributed by atoms with E-state index in [2.05, 4.69) is 9.88 Å². The van der Waals surface area contributed by atoms with Crippen molar-refractivity contribution in [3.8, 4) is 5.69 Å². The van der Waals surface area contributed by atoms with Crippen LogP contribution in [0, 0.1) is 11.6 Å². The van der Waals surface area contributed by atoms with Crippen molar-refractivity contribution in [3.05, 3.63) is 59.6 Å². The predicted molar refractivity (Wildman–Crippen MR) is 125 cm³/mol. The summed E-state index contributed by atoms with van der Waals surface area (Å²) in [5, 5.41) is 0.327. The lowest BCUT2D eigenvalue weighted by Gasteiger charge is -2.29. The average Bonchev–Trinajstić information content (AvgIpc) is 3.21. The van der Waals surface area contributed by atoms with E-state index in [1.165, 1.54) is 19.4 Å². The second-order valence-corrected chi connectivity index (χ2v) is 8.18. The summed E-state index contributed by atoms with van der Waals surface area (Å²) < 4.78 is 41.2. The van der Waals surface area contributed by atoms with Crippen LogP contribution < -0.4 is 4.90 Å². The number of nitrogens with zero attached hydrogens (tertiary/aromatic N) is 4. The fraction of sp³-hybridized carbons (Fsp3) is 0.320. The van der Waals surface area contributed by atoms with Crippen LogP contribution in [0.3, 0.4) is 0 Å². The largest absolute Gasteiger partial charge is 0.465 e. The van der Waals surface area contributed by atoms with Crippen molar-refractivity contribution in [2.45, 2.75) is 19.8 Å². The van der Waals surface area contributed by atoms with Gasteiger partial charge in [-0.2, -0.15) is 0 Å². The molecule has 9 heteroatoms. The zero-order valence-electron chi connectivity index (χ0n) is 19.0. The molecule has 0 atom stereocenters. The minimum Gasteiger partial charge on any atom is -0.465 e. The summed E-state index contributed by atoms with van der Waals surface area (Å²) in [6.07, 6.45) is 2.88. The van der Waals surface area contributed by atoms with Gasteiger partial charge in [0.15, 0.2) is 5.82 Å². The summed E-state index contributed by atoms with van der Waals surface area (Å²) in [4.78, 5) is 23.8. The number of benzene rings is 2. The number of pyridine rings is 1. The molecule has 176 valence electrons. The van der Waals surface area contributed by atoms with Gasteiger partial charge in [0.25, 0.3) is 0 Å². The molecule has 0 radical (unpaired) electrons. The molecule has 0 unspecified atom stereocenters. The van der Waals surface area contributed by atoms with Crippen LogP contribution >= 0.6 is 0 Å². The maximum absolute atomic E-state index is 14.5. The van der Waals surface area contributed by atoms with Crippen LogP contribution in [0.4, 0.5) is 14.5 Å². The summed E-state index contributed by atoms with van der Waals surface area (Å²) in [6.45, 7) is 4.54. The van der Waals surface area contributed by atoms with E-state index in [0.29, 0.717) is 66.2 Å². The van der Waals surface area contributed by atoms with Crippen LogP contribution in [0.25, 0.3) is 27.6 Å². The van der Waals surface area contributed by atoms with Crippen molar-refractivity contribution in [1.29, 1.82) is 0 Å². The number of methoxy groups -OCH3 is 1. The Morgan fingerprint density at radius 3 is 2.68 bits per heavy atom. The van der Waals surface area contributed by atoms with Crippen molar-refractivity contribution in [3.63, 3.8) is 0 Å². The molecule has 2 aromatic heterocycles. The highest BCUT2D eigenvalue weighted by Gasteiger charge is 2.24. The smallest absolute Gasteiger partial charge is 0.340 e. The Kier molecular flexibility index (Phi) is 5.87. The van der Waals surface area contributed by atoms with Gasteiger partial charge in [0.1, 0.15) is 22.7 Å². The first-order chi connectivity index (χ1) is 16.5. The molecule has 34 heavy (non-hydrogen) atoms. The van der Waals surface area contributed by atoms with Gasteiger partial charge >= 0.3 is 5.97 Å². The van der Waals surface area contributed by atoms with Crippen molar-refractivity contribution in [2.24, 2.45) is 0 Å². The Hall–Kier alpha value is -3.59. The Balaban J connectivity index is 1.85. The van der Waals surface area contributed by atoms with Crippen molar-refractivity contribution in [1.82, 2.24) is 14.5 Å². The second kappa shape index (κ2) is 8.98. The lowest BCUT2D eigenvalue weighted by Crippen LogP contribution is -2.36. The molecule has 1 saturated heterocycles. The van der Waals surface area contributed by atoms with Crippen molar-refractivity contribution in [2.75, 3.05) is 38.3 Å². The van der Waals surface area contributed by atoms with E-state index in [-0.39, 0.29) is 5.52 Å². The zero-order chi connectivity index (χ0) is 23.8. The molecule has 0 saturated carbocycles. The molecule has 0 aliphatic carbocycles. The number of aryl methyl sites for hydroxylation is 1. The highest BCUT2D eigenvalue weighted by atomic mass is 19.1. The number of esters is 1. The molecule has 3 heterocycles. The monoisotopic (exact) mass is 466 g/mol. The van der Waals surface area contributed by atoms with Crippen LogP contribution in [0.5, 0.6) is 0 Å². The Bertz CT molecular complexity index is 1400. The van der Waals surface area contributed by atoms with E-state index >= 15 is 0 Å². The standard InChI is InChI=1S/C25H24F2N4O3/c1-3-4-22-29-24-18(25(32)33-2)13-16(30-7-9-34-10-8-30)14-21(24)31(22)20-5-6-28-23-17(20)11-15(26)12-19(23)27/h5-6,11-14H,3-4,7-10H2,1-2H3. The van der Waals surface area contributed by atoms with Gasteiger partial charge in [-0.05, 0) is 30.7 Å². The summed E-state index contributed by atoms with van der Waals surface area (Å²) in [6, 6.07) is 7.55. The van der Waals surface area contributed by atoms with Gasteiger partial charge < -0.3 is 14.4 Å². The summed E-state index contributed by atoms with van der Waals surface area (Å²) >= 11 is 0. The van der Waals surface area contributed by atoms with Gasteiger partial charge in [0, 0.05) is 42.8 Å². The van der Waals surface area contributed by atoms with Gasteiger partial charge in [-0.15, -0.1) is 0 Å². The van der Waals surface area contributed by atoms with E-state index in [1.807, 2.05) is 17.6 Å². The normalized spacial score (nSPS) is 14.2. The number of carbonyl (C=O) groups excluding carboxylic acids is 1. The van der Waals surface area contributed by atoms with Crippen LogP contribution in [0.2, 0.25) is 0 Å². The number of ether oxygens (including phenoxy) is 2. The van der Waals surface area contributed by atoms with Crippen LogP contribution in [-0.4, -0.2) is 53.9 Å². The molecule has 4 aromatic rings. The first kappa shape index (κ1) is 22.2. The fourth-order valence-electron chi connectivity index (χ4n) is 4.50. The number of fused-ring (bicyclic) bond motifs is 2. The summed E-state index contributed by atoms with van der Waals surface area (Å²) in [5.41, 5.74) is 2.92. The minimum absolute atomic E-state index is 0.0701. The van der Waals surface area contributed by atoms with E-state index in [9.17, 15) is 13.6 Å².